The van der Waals surface area contributed by atoms with E-state index in [2.05, 4.69) is 30.9 Å². The number of H-pyrrole nitrogens is 2. The first-order valence-electron chi connectivity index (χ1n) is 13.1. The van der Waals surface area contributed by atoms with Crippen molar-refractivity contribution in [3.63, 3.8) is 0 Å². The number of nitrogens with zero attached hydrogens (tertiary/aromatic N) is 1. The standard InChI is InChI=1S/C27H35N7O7/c1-3-14(2)23(26(39)33-21(27(40)41)9-16-12-29-13-31-16)34-25(38)20(32-24(37)18(28)10-22(35)36)8-15-11-30-19-7-5-4-6-17(15)19/h4-7,11-14,18,20-21,23,30H,3,8-10,28H2,1-2H3,(H,29,31)(H,32,37)(H,33,39)(H,34,38)(H,35,36)(H,40,41). The summed E-state index contributed by atoms with van der Waals surface area (Å²) >= 11 is 0. The van der Waals surface area contributed by atoms with Crippen LogP contribution in [0, 0.1) is 5.92 Å². The van der Waals surface area contributed by atoms with Gasteiger partial charge in [-0.25, -0.2) is 9.78 Å². The topological polar surface area (TPSA) is 232 Å². The normalized spacial score (nSPS) is 14.8. The van der Waals surface area contributed by atoms with E-state index in [-0.39, 0.29) is 12.8 Å². The number of carboxylic acid groups (broad SMARTS) is 2. The molecule has 5 atom stereocenters. The molecule has 2 heterocycles. The van der Waals surface area contributed by atoms with E-state index in [0.29, 0.717) is 17.7 Å². The Bertz CT molecular complexity index is 1370. The van der Waals surface area contributed by atoms with Gasteiger partial charge in [-0.1, -0.05) is 38.5 Å². The first-order valence-corrected chi connectivity index (χ1v) is 13.1. The molecule has 1 aromatic carbocycles. The number of fused-ring (bicyclic) bond motifs is 1. The quantitative estimate of drug-likeness (QED) is 0.123. The fourth-order valence-electron chi connectivity index (χ4n) is 4.32. The summed E-state index contributed by atoms with van der Waals surface area (Å²) in [6.07, 6.45) is 4.32. The van der Waals surface area contributed by atoms with Crippen molar-refractivity contribution in [2.24, 2.45) is 11.7 Å². The van der Waals surface area contributed by atoms with Crippen LogP contribution < -0.4 is 21.7 Å². The van der Waals surface area contributed by atoms with Gasteiger partial charge in [0.05, 0.1) is 18.8 Å². The highest BCUT2D eigenvalue weighted by Crippen LogP contribution is 2.20. The summed E-state index contributed by atoms with van der Waals surface area (Å²) in [5.74, 6) is -5.21. The molecule has 2 aromatic heterocycles. The third-order valence-electron chi connectivity index (χ3n) is 6.85. The second-order valence-corrected chi connectivity index (χ2v) is 9.88. The van der Waals surface area contributed by atoms with Crippen molar-refractivity contribution in [1.29, 1.82) is 0 Å². The number of imidazole rings is 1. The van der Waals surface area contributed by atoms with Crippen molar-refractivity contribution < 1.29 is 34.2 Å². The number of para-hydroxylation sites is 1. The van der Waals surface area contributed by atoms with Gasteiger partial charge in [-0.2, -0.15) is 0 Å². The summed E-state index contributed by atoms with van der Waals surface area (Å²) in [5, 5.41) is 27.2. The second kappa shape index (κ2) is 14.1. The van der Waals surface area contributed by atoms with Gasteiger partial charge in [0.1, 0.15) is 18.1 Å². The summed E-state index contributed by atoms with van der Waals surface area (Å²) in [6, 6.07) is 2.30. The summed E-state index contributed by atoms with van der Waals surface area (Å²) in [6.45, 7) is 3.54. The van der Waals surface area contributed by atoms with Crippen molar-refractivity contribution in [2.45, 2.75) is 63.7 Å². The second-order valence-electron chi connectivity index (χ2n) is 9.88. The van der Waals surface area contributed by atoms with Crippen LogP contribution in [0.4, 0.5) is 0 Å². The first-order chi connectivity index (χ1) is 19.5. The molecule has 9 N–H and O–H groups in total. The zero-order valence-corrected chi connectivity index (χ0v) is 22.7. The number of rotatable bonds is 15. The fourth-order valence-corrected chi connectivity index (χ4v) is 4.32. The van der Waals surface area contributed by atoms with E-state index in [4.69, 9.17) is 10.8 Å². The number of carbonyl (C=O) groups excluding carboxylic acids is 3. The van der Waals surface area contributed by atoms with Crippen molar-refractivity contribution in [1.82, 2.24) is 30.9 Å². The molecular formula is C27H35N7O7. The zero-order valence-electron chi connectivity index (χ0n) is 22.7. The van der Waals surface area contributed by atoms with Crippen LogP contribution in [-0.4, -0.2) is 79.0 Å². The first kappa shape index (κ1) is 30.8. The van der Waals surface area contributed by atoms with E-state index in [1.807, 2.05) is 31.2 Å². The molecule has 0 aliphatic carbocycles. The van der Waals surface area contributed by atoms with Crippen LogP contribution in [0.3, 0.4) is 0 Å². The molecule has 3 amide bonds. The SMILES string of the molecule is CCC(C)C(NC(=O)C(Cc1c[nH]c2ccccc12)NC(=O)C(N)CC(=O)O)C(=O)NC(Cc1cnc[nH]1)C(=O)O. The Kier molecular flexibility index (Phi) is 10.6. The Morgan fingerprint density at radius 3 is 2.29 bits per heavy atom. The Hall–Kier alpha value is -4.72. The predicted octanol–water partition coefficient (Wildman–Crippen LogP) is 0.0633. The number of aromatic amines is 2. The molecule has 14 nitrogen and oxygen atoms in total. The van der Waals surface area contributed by atoms with Crippen LogP contribution in [-0.2, 0) is 36.8 Å². The number of nitrogens with two attached hydrogens (primary N) is 1. The van der Waals surface area contributed by atoms with Crippen molar-refractivity contribution in [3.05, 3.63) is 54.2 Å². The van der Waals surface area contributed by atoms with Crippen molar-refractivity contribution >= 4 is 40.6 Å². The van der Waals surface area contributed by atoms with Crippen molar-refractivity contribution in [2.75, 3.05) is 0 Å². The number of carbonyl (C=O) groups is 5. The Morgan fingerprint density at radius 2 is 1.66 bits per heavy atom. The fraction of sp³-hybridized carbons (Fsp3) is 0.407. The number of hydrogen-bond acceptors (Lipinski definition) is 7. The van der Waals surface area contributed by atoms with Crippen LogP contribution in [0.25, 0.3) is 10.9 Å². The number of nitrogens with one attached hydrogen (secondary N) is 5. The monoisotopic (exact) mass is 569 g/mol. The Balaban J connectivity index is 1.83. The van der Waals surface area contributed by atoms with E-state index < -0.39 is 66.2 Å². The van der Waals surface area contributed by atoms with Gasteiger partial charge in [0.25, 0.3) is 0 Å². The molecule has 3 aromatic rings. The van der Waals surface area contributed by atoms with Gasteiger partial charge in [0.15, 0.2) is 0 Å². The van der Waals surface area contributed by atoms with Gasteiger partial charge < -0.3 is 41.9 Å². The van der Waals surface area contributed by atoms with Gasteiger partial charge in [-0.15, -0.1) is 0 Å². The average molecular weight is 570 g/mol. The largest absolute Gasteiger partial charge is 0.481 e. The molecule has 0 spiro atoms. The highest BCUT2D eigenvalue weighted by atomic mass is 16.4. The summed E-state index contributed by atoms with van der Waals surface area (Å²) in [7, 11) is 0. The number of hydrogen-bond donors (Lipinski definition) is 8. The van der Waals surface area contributed by atoms with E-state index in [1.165, 1.54) is 12.5 Å². The zero-order chi connectivity index (χ0) is 30.1. The van der Waals surface area contributed by atoms with Crippen LogP contribution in [0.15, 0.2) is 43.0 Å². The van der Waals surface area contributed by atoms with E-state index in [9.17, 15) is 29.1 Å². The van der Waals surface area contributed by atoms with Crippen LogP contribution >= 0.6 is 0 Å². The third kappa shape index (κ3) is 8.38. The summed E-state index contributed by atoms with van der Waals surface area (Å²) in [5.41, 5.74) is 7.74. The lowest BCUT2D eigenvalue weighted by molar-refractivity contribution is -0.142. The van der Waals surface area contributed by atoms with Gasteiger partial charge in [0.2, 0.25) is 17.7 Å². The molecule has 41 heavy (non-hydrogen) atoms. The van der Waals surface area contributed by atoms with Crippen LogP contribution in [0.5, 0.6) is 0 Å². The minimum Gasteiger partial charge on any atom is -0.481 e. The van der Waals surface area contributed by atoms with Crippen LogP contribution in [0.2, 0.25) is 0 Å². The van der Waals surface area contributed by atoms with Gasteiger partial charge in [-0.3, -0.25) is 19.2 Å². The summed E-state index contributed by atoms with van der Waals surface area (Å²) in [4.78, 5) is 72.3. The molecule has 0 radical (unpaired) electrons. The lowest BCUT2D eigenvalue weighted by Crippen LogP contribution is -2.59. The molecule has 220 valence electrons. The number of aromatic nitrogens is 3. The van der Waals surface area contributed by atoms with E-state index >= 15 is 0 Å². The smallest absolute Gasteiger partial charge is 0.326 e. The number of aliphatic carboxylic acids is 2. The molecular weight excluding hydrogens is 534 g/mol. The molecule has 0 bridgehead atoms. The molecule has 5 unspecified atom stereocenters. The molecule has 0 saturated carbocycles. The van der Waals surface area contributed by atoms with Gasteiger partial charge in [-0.05, 0) is 17.5 Å². The van der Waals surface area contributed by atoms with E-state index in [0.717, 1.165) is 10.9 Å². The van der Waals surface area contributed by atoms with Gasteiger partial charge >= 0.3 is 11.9 Å². The number of amides is 3. The maximum Gasteiger partial charge on any atom is 0.326 e. The highest BCUT2D eigenvalue weighted by molar-refractivity contribution is 5.95. The van der Waals surface area contributed by atoms with Crippen LogP contribution in [0.1, 0.15) is 37.9 Å². The maximum atomic E-state index is 13.6. The molecule has 0 aliphatic rings. The Labute approximate surface area is 235 Å². The lowest BCUT2D eigenvalue weighted by atomic mass is 9.96. The molecule has 0 saturated heterocycles. The Morgan fingerprint density at radius 1 is 0.951 bits per heavy atom. The molecule has 0 fully saturated rings. The van der Waals surface area contributed by atoms with Gasteiger partial charge in [0, 0.05) is 41.8 Å². The minimum atomic E-state index is -1.40. The van der Waals surface area contributed by atoms with Crippen molar-refractivity contribution in [3.8, 4) is 0 Å². The maximum absolute atomic E-state index is 13.6. The predicted molar refractivity (Wildman–Crippen MR) is 147 cm³/mol. The highest BCUT2D eigenvalue weighted by Gasteiger charge is 2.33. The van der Waals surface area contributed by atoms with E-state index in [1.54, 1.807) is 13.1 Å². The average Bonchev–Trinajstić information content (AvgIpc) is 3.60. The minimum absolute atomic E-state index is 0.00774. The lowest BCUT2D eigenvalue weighted by Gasteiger charge is -2.28. The molecule has 0 aliphatic heterocycles. The number of benzene rings is 1. The summed E-state index contributed by atoms with van der Waals surface area (Å²) < 4.78 is 0. The third-order valence-corrected chi connectivity index (χ3v) is 6.85. The molecule has 14 heteroatoms. The molecule has 3 rings (SSSR count). The number of carboxylic acids is 2.